The predicted molar refractivity (Wildman–Crippen MR) is 66.0 cm³/mol. The van der Waals surface area contributed by atoms with Gasteiger partial charge in [-0.2, -0.15) is 0 Å². The van der Waals surface area contributed by atoms with Crippen molar-refractivity contribution in [2.75, 3.05) is 40.6 Å². The largest absolute Gasteiger partial charge is 0.500 e. The van der Waals surface area contributed by atoms with Gasteiger partial charge in [0.2, 0.25) is 0 Å². The Bertz CT molecular complexity index is 194. The molecular formula is C11H24O5Si. The van der Waals surface area contributed by atoms with Crippen LogP contribution < -0.4 is 0 Å². The Morgan fingerprint density at radius 3 is 2.47 bits per heavy atom. The van der Waals surface area contributed by atoms with E-state index in [4.69, 9.17) is 22.8 Å². The zero-order valence-corrected chi connectivity index (χ0v) is 12.1. The van der Waals surface area contributed by atoms with Crippen molar-refractivity contribution < 1.29 is 22.8 Å². The summed E-state index contributed by atoms with van der Waals surface area (Å²) in [6.45, 7) is 4.93. The lowest BCUT2D eigenvalue weighted by Gasteiger charge is -2.25. The lowest BCUT2D eigenvalue weighted by atomic mass is 10.3. The van der Waals surface area contributed by atoms with Gasteiger partial charge in [-0.1, -0.05) is 0 Å². The minimum atomic E-state index is -2.39. The number of rotatable bonds is 11. The molecule has 0 amide bonds. The van der Waals surface area contributed by atoms with Gasteiger partial charge in [-0.05, 0) is 19.8 Å². The minimum absolute atomic E-state index is 0.352. The first-order chi connectivity index (χ1) is 8.26. The van der Waals surface area contributed by atoms with Gasteiger partial charge in [0.15, 0.2) is 0 Å². The quantitative estimate of drug-likeness (QED) is 0.321. The molecule has 1 atom stereocenters. The predicted octanol–water partition coefficient (Wildman–Crippen LogP) is 1.45. The number of ether oxygens (including phenoxy) is 2. The molecule has 102 valence electrons. The van der Waals surface area contributed by atoms with E-state index >= 15 is 0 Å². The van der Waals surface area contributed by atoms with E-state index < -0.39 is 8.80 Å². The molecule has 1 saturated heterocycles. The zero-order chi connectivity index (χ0) is 12.6. The van der Waals surface area contributed by atoms with Gasteiger partial charge in [-0.25, -0.2) is 0 Å². The molecule has 0 aromatic carbocycles. The Morgan fingerprint density at radius 2 is 1.94 bits per heavy atom. The summed E-state index contributed by atoms with van der Waals surface area (Å²) in [7, 11) is 0.925. The second kappa shape index (κ2) is 8.18. The fraction of sp³-hybridized carbons (Fsp3) is 1.00. The van der Waals surface area contributed by atoms with Gasteiger partial charge in [0.1, 0.15) is 6.10 Å². The molecule has 1 aliphatic rings. The van der Waals surface area contributed by atoms with Crippen molar-refractivity contribution in [3.05, 3.63) is 0 Å². The molecule has 0 N–H and O–H groups in total. The van der Waals surface area contributed by atoms with Crippen molar-refractivity contribution >= 4 is 8.80 Å². The van der Waals surface area contributed by atoms with Crippen LogP contribution in [0.4, 0.5) is 0 Å². The van der Waals surface area contributed by atoms with Crippen molar-refractivity contribution in [2.24, 2.45) is 0 Å². The third-order valence-electron chi connectivity index (χ3n) is 2.71. The topological polar surface area (TPSA) is 49.5 Å². The molecule has 0 aromatic rings. The number of unbranched alkanes of at least 4 members (excludes halogenated alkanes) is 1. The van der Waals surface area contributed by atoms with Crippen LogP contribution in [0.25, 0.3) is 0 Å². The van der Waals surface area contributed by atoms with Gasteiger partial charge in [0.25, 0.3) is 0 Å². The summed E-state index contributed by atoms with van der Waals surface area (Å²) in [5.74, 6) is 0. The summed E-state index contributed by atoms with van der Waals surface area (Å²) < 4.78 is 27.0. The minimum Gasteiger partial charge on any atom is -0.379 e. The molecule has 1 heterocycles. The van der Waals surface area contributed by atoms with E-state index in [-0.39, 0.29) is 0 Å². The van der Waals surface area contributed by atoms with Gasteiger partial charge in [-0.15, -0.1) is 0 Å². The average Bonchev–Trinajstić information content (AvgIpc) is 3.16. The summed E-state index contributed by atoms with van der Waals surface area (Å²) in [4.78, 5) is 0. The molecule has 0 spiro atoms. The summed E-state index contributed by atoms with van der Waals surface area (Å²) in [6.07, 6.45) is 2.35. The lowest BCUT2D eigenvalue weighted by molar-refractivity contribution is 0.0971. The molecular weight excluding hydrogens is 240 g/mol. The number of hydrogen-bond donors (Lipinski definition) is 0. The molecule has 1 rings (SSSR count). The van der Waals surface area contributed by atoms with Crippen molar-refractivity contribution in [1.29, 1.82) is 0 Å². The SMILES string of the molecule is CCO[Si](CCCCOCC1CO1)(OC)OC. The summed E-state index contributed by atoms with van der Waals surface area (Å²) >= 11 is 0. The first kappa shape index (κ1) is 15.1. The average molecular weight is 264 g/mol. The van der Waals surface area contributed by atoms with E-state index in [2.05, 4.69) is 0 Å². The van der Waals surface area contributed by atoms with Crippen LogP contribution in [-0.2, 0) is 22.8 Å². The second-order valence-corrected chi connectivity index (χ2v) is 6.98. The van der Waals surface area contributed by atoms with Crippen LogP contribution in [0.1, 0.15) is 19.8 Å². The second-order valence-electron chi connectivity index (χ2n) is 4.01. The van der Waals surface area contributed by atoms with Gasteiger partial charge in [0, 0.05) is 33.5 Å². The normalized spacial score (nSPS) is 19.6. The summed E-state index contributed by atoms with van der Waals surface area (Å²) in [6, 6.07) is 0.844. The first-order valence-electron chi connectivity index (χ1n) is 6.20. The lowest BCUT2D eigenvalue weighted by Crippen LogP contribution is -2.43. The highest BCUT2D eigenvalue weighted by atomic mass is 28.4. The van der Waals surface area contributed by atoms with Crippen LogP contribution in [0.2, 0.25) is 6.04 Å². The van der Waals surface area contributed by atoms with Crippen LogP contribution >= 0.6 is 0 Å². The van der Waals surface area contributed by atoms with Crippen LogP contribution in [0.15, 0.2) is 0 Å². The van der Waals surface area contributed by atoms with Gasteiger partial charge >= 0.3 is 8.80 Å². The Balaban J connectivity index is 2.04. The van der Waals surface area contributed by atoms with Gasteiger partial charge in [-0.3, -0.25) is 0 Å². The van der Waals surface area contributed by atoms with Gasteiger partial charge in [0.05, 0.1) is 13.2 Å². The van der Waals surface area contributed by atoms with E-state index in [1.807, 2.05) is 6.92 Å². The molecule has 0 saturated carbocycles. The van der Waals surface area contributed by atoms with Gasteiger partial charge < -0.3 is 22.8 Å². The highest BCUT2D eigenvalue weighted by Gasteiger charge is 2.37. The van der Waals surface area contributed by atoms with Crippen LogP contribution in [0, 0.1) is 0 Å². The number of epoxide rings is 1. The Morgan fingerprint density at radius 1 is 1.24 bits per heavy atom. The highest BCUT2D eigenvalue weighted by molar-refractivity contribution is 6.60. The third kappa shape index (κ3) is 5.94. The molecule has 17 heavy (non-hydrogen) atoms. The first-order valence-corrected chi connectivity index (χ1v) is 8.13. The zero-order valence-electron chi connectivity index (χ0n) is 11.1. The fourth-order valence-electron chi connectivity index (χ4n) is 1.62. The summed E-state index contributed by atoms with van der Waals surface area (Å²) in [5, 5.41) is 0. The van der Waals surface area contributed by atoms with E-state index in [0.29, 0.717) is 12.7 Å². The van der Waals surface area contributed by atoms with E-state index in [1.54, 1.807) is 14.2 Å². The molecule has 1 unspecified atom stereocenters. The van der Waals surface area contributed by atoms with Crippen molar-refractivity contribution in [3.8, 4) is 0 Å². The molecule has 1 aliphatic heterocycles. The van der Waals surface area contributed by atoms with Crippen LogP contribution in [0.5, 0.6) is 0 Å². The van der Waals surface area contributed by atoms with Crippen molar-refractivity contribution in [3.63, 3.8) is 0 Å². The number of hydrogen-bond acceptors (Lipinski definition) is 5. The Hall–Kier alpha value is 0.0169. The van der Waals surface area contributed by atoms with E-state index in [0.717, 1.165) is 38.7 Å². The molecule has 6 heteroatoms. The molecule has 5 nitrogen and oxygen atoms in total. The van der Waals surface area contributed by atoms with E-state index in [1.165, 1.54) is 0 Å². The molecule has 0 radical (unpaired) electrons. The van der Waals surface area contributed by atoms with Crippen LogP contribution in [0.3, 0.4) is 0 Å². The van der Waals surface area contributed by atoms with Crippen LogP contribution in [-0.4, -0.2) is 55.6 Å². The maximum atomic E-state index is 5.62. The maximum absolute atomic E-state index is 5.62. The molecule has 0 aliphatic carbocycles. The summed E-state index contributed by atoms with van der Waals surface area (Å²) in [5.41, 5.74) is 0. The highest BCUT2D eigenvalue weighted by Crippen LogP contribution is 2.17. The van der Waals surface area contributed by atoms with E-state index in [9.17, 15) is 0 Å². The van der Waals surface area contributed by atoms with Crippen molar-refractivity contribution in [2.45, 2.75) is 31.9 Å². The monoisotopic (exact) mass is 264 g/mol. The Labute approximate surface area is 105 Å². The molecule has 0 aromatic heterocycles. The maximum Gasteiger partial charge on any atom is 0.500 e. The standard InChI is InChI=1S/C11H24O5Si/c1-4-16-17(12-2,13-3)8-6-5-7-14-9-11-10-15-11/h11H,4-10H2,1-3H3. The third-order valence-corrected chi connectivity index (χ3v) is 5.65. The fourth-order valence-corrected chi connectivity index (χ4v) is 3.70. The molecule has 0 bridgehead atoms. The smallest absolute Gasteiger partial charge is 0.379 e. The Kier molecular flexibility index (Phi) is 7.25. The van der Waals surface area contributed by atoms with Crippen molar-refractivity contribution in [1.82, 2.24) is 0 Å². The molecule has 1 fully saturated rings.